The molecule has 0 saturated carbocycles. The molecular formula is C16H20N4O2. The third-order valence-electron chi connectivity index (χ3n) is 4.49. The molecule has 0 aromatic carbocycles. The van der Waals surface area contributed by atoms with Crippen molar-refractivity contribution in [3.63, 3.8) is 0 Å². The second-order valence-electron chi connectivity index (χ2n) is 6.23. The number of hydrogen-bond donors (Lipinski definition) is 1. The van der Waals surface area contributed by atoms with Gasteiger partial charge in [0.25, 0.3) is 11.5 Å². The zero-order valence-electron chi connectivity index (χ0n) is 12.9. The average molecular weight is 300 g/mol. The van der Waals surface area contributed by atoms with Gasteiger partial charge in [0.2, 0.25) is 0 Å². The van der Waals surface area contributed by atoms with E-state index in [1.54, 1.807) is 25.5 Å². The van der Waals surface area contributed by atoms with Crippen LogP contribution in [0.2, 0.25) is 0 Å². The van der Waals surface area contributed by atoms with E-state index < -0.39 is 0 Å². The van der Waals surface area contributed by atoms with Crippen molar-refractivity contribution in [2.45, 2.75) is 25.2 Å². The van der Waals surface area contributed by atoms with Gasteiger partial charge in [-0.25, -0.2) is 0 Å². The van der Waals surface area contributed by atoms with E-state index in [0.717, 1.165) is 25.1 Å². The summed E-state index contributed by atoms with van der Waals surface area (Å²) < 4.78 is 1.46. The number of piperidine rings is 1. The largest absolute Gasteiger partial charge is 0.338 e. The van der Waals surface area contributed by atoms with E-state index in [4.69, 9.17) is 0 Å². The van der Waals surface area contributed by atoms with Crippen molar-refractivity contribution in [3.8, 4) is 0 Å². The maximum absolute atomic E-state index is 12.7. The van der Waals surface area contributed by atoms with Crippen molar-refractivity contribution in [1.82, 2.24) is 19.7 Å². The van der Waals surface area contributed by atoms with Crippen molar-refractivity contribution in [3.05, 3.63) is 52.2 Å². The lowest BCUT2D eigenvalue weighted by molar-refractivity contribution is 0.0647. The van der Waals surface area contributed by atoms with E-state index in [1.165, 1.54) is 10.6 Å². The topological polar surface area (TPSA) is 71.0 Å². The minimum atomic E-state index is -0.167. The Balaban J connectivity index is 1.84. The summed E-state index contributed by atoms with van der Waals surface area (Å²) in [6.07, 6.45) is 5.32. The number of likely N-dealkylation sites (tertiary alicyclic amines) is 1. The molecule has 1 N–H and O–H groups in total. The van der Waals surface area contributed by atoms with Gasteiger partial charge in [-0.2, -0.15) is 5.10 Å². The number of nitrogens with zero attached hydrogens (tertiary/aromatic N) is 3. The van der Waals surface area contributed by atoms with Crippen molar-refractivity contribution in [2.75, 3.05) is 13.1 Å². The van der Waals surface area contributed by atoms with E-state index in [9.17, 15) is 9.59 Å². The first-order valence-electron chi connectivity index (χ1n) is 7.45. The third kappa shape index (κ3) is 2.56. The Morgan fingerprint density at radius 2 is 2.23 bits per heavy atom. The summed E-state index contributed by atoms with van der Waals surface area (Å²) in [7, 11) is 1.67. The second kappa shape index (κ2) is 5.44. The number of aromatic amines is 1. The quantitative estimate of drug-likeness (QED) is 0.909. The summed E-state index contributed by atoms with van der Waals surface area (Å²) >= 11 is 0. The molecule has 0 unspecified atom stereocenters. The molecule has 0 spiro atoms. The third-order valence-corrected chi connectivity index (χ3v) is 4.49. The van der Waals surface area contributed by atoms with Crippen molar-refractivity contribution in [2.24, 2.45) is 7.05 Å². The van der Waals surface area contributed by atoms with E-state index in [-0.39, 0.29) is 16.9 Å². The van der Waals surface area contributed by atoms with Gasteiger partial charge in [-0.3, -0.25) is 14.7 Å². The zero-order valence-corrected chi connectivity index (χ0v) is 12.9. The molecule has 3 heterocycles. The number of aromatic nitrogens is 3. The summed E-state index contributed by atoms with van der Waals surface area (Å²) in [5.74, 6) is -0.0804. The first-order valence-corrected chi connectivity index (χ1v) is 7.45. The van der Waals surface area contributed by atoms with Crippen LogP contribution < -0.4 is 5.56 Å². The fourth-order valence-electron chi connectivity index (χ4n) is 3.09. The molecule has 1 fully saturated rings. The van der Waals surface area contributed by atoms with Crippen LogP contribution in [0.4, 0.5) is 0 Å². The molecule has 116 valence electrons. The molecule has 6 heteroatoms. The number of hydrogen-bond acceptors (Lipinski definition) is 3. The summed E-state index contributed by atoms with van der Waals surface area (Å²) in [6, 6.07) is 5.07. The number of carbonyl (C=O) groups is 1. The Labute approximate surface area is 128 Å². The highest BCUT2D eigenvalue weighted by Crippen LogP contribution is 2.32. The highest BCUT2D eigenvalue weighted by molar-refractivity contribution is 5.94. The predicted molar refractivity (Wildman–Crippen MR) is 82.8 cm³/mol. The van der Waals surface area contributed by atoms with Crippen LogP contribution in [0.15, 0.2) is 35.4 Å². The minimum Gasteiger partial charge on any atom is -0.338 e. The van der Waals surface area contributed by atoms with Crippen LogP contribution in [0.5, 0.6) is 0 Å². The molecule has 0 radical (unpaired) electrons. The molecule has 1 aliphatic rings. The van der Waals surface area contributed by atoms with Crippen LogP contribution in [0, 0.1) is 0 Å². The van der Waals surface area contributed by atoms with Crippen molar-refractivity contribution in [1.29, 1.82) is 0 Å². The molecule has 1 atom stereocenters. The van der Waals surface area contributed by atoms with Gasteiger partial charge in [0.05, 0.1) is 0 Å². The first-order chi connectivity index (χ1) is 10.5. The van der Waals surface area contributed by atoms with E-state index >= 15 is 0 Å². The maximum Gasteiger partial charge on any atom is 0.254 e. The number of amides is 1. The van der Waals surface area contributed by atoms with Crippen LogP contribution in [0.25, 0.3) is 0 Å². The predicted octanol–water partition coefficient (Wildman–Crippen LogP) is 1.30. The van der Waals surface area contributed by atoms with Gasteiger partial charge in [0.1, 0.15) is 0 Å². The van der Waals surface area contributed by atoms with Crippen LogP contribution in [-0.4, -0.2) is 38.7 Å². The van der Waals surface area contributed by atoms with Crippen LogP contribution in [-0.2, 0) is 12.5 Å². The fraction of sp³-hybridized carbons (Fsp3) is 0.438. The van der Waals surface area contributed by atoms with E-state index in [0.29, 0.717) is 12.1 Å². The molecule has 6 nitrogen and oxygen atoms in total. The Kier molecular flexibility index (Phi) is 3.60. The number of H-pyrrole nitrogens is 1. The molecule has 0 bridgehead atoms. The Morgan fingerprint density at radius 1 is 1.41 bits per heavy atom. The number of nitrogens with one attached hydrogen (secondary N) is 1. The number of pyridine rings is 1. The zero-order chi connectivity index (χ0) is 15.7. The minimum absolute atomic E-state index is 0.0804. The highest BCUT2D eigenvalue weighted by atomic mass is 16.2. The molecule has 1 aliphatic heterocycles. The van der Waals surface area contributed by atoms with Crippen molar-refractivity contribution >= 4 is 5.91 Å². The second-order valence-corrected chi connectivity index (χ2v) is 6.23. The highest BCUT2D eigenvalue weighted by Gasteiger charge is 2.35. The Bertz CT molecular complexity index is 735. The smallest absolute Gasteiger partial charge is 0.254 e. The molecule has 3 rings (SSSR count). The molecular weight excluding hydrogens is 280 g/mol. The molecule has 2 aromatic rings. The number of aryl methyl sites for hydroxylation is 1. The lowest BCUT2D eigenvalue weighted by Gasteiger charge is -2.39. The van der Waals surface area contributed by atoms with Gasteiger partial charge in [0.15, 0.2) is 0 Å². The van der Waals surface area contributed by atoms with Gasteiger partial charge in [0, 0.05) is 55.3 Å². The average Bonchev–Trinajstić information content (AvgIpc) is 3.04. The monoisotopic (exact) mass is 300 g/mol. The van der Waals surface area contributed by atoms with Crippen LogP contribution >= 0.6 is 0 Å². The van der Waals surface area contributed by atoms with Crippen molar-refractivity contribution < 1.29 is 4.79 Å². The van der Waals surface area contributed by atoms with Gasteiger partial charge in [-0.05, 0) is 25.0 Å². The van der Waals surface area contributed by atoms with Gasteiger partial charge in [-0.15, -0.1) is 0 Å². The summed E-state index contributed by atoms with van der Waals surface area (Å²) in [5.41, 5.74) is 1.22. The molecule has 1 saturated heterocycles. The molecule has 22 heavy (non-hydrogen) atoms. The normalized spacial score (nSPS) is 21.8. The summed E-state index contributed by atoms with van der Waals surface area (Å²) in [5, 5.41) is 7.04. The number of carbonyl (C=O) groups excluding carboxylic acids is 1. The maximum atomic E-state index is 12.7. The van der Waals surface area contributed by atoms with Gasteiger partial charge in [-0.1, -0.05) is 6.92 Å². The SMILES string of the molecule is Cn1ccc(C(=O)N2CCC[C@@](C)(c3ccn[nH]3)C2)cc1=O. The fourth-order valence-corrected chi connectivity index (χ4v) is 3.09. The van der Waals surface area contributed by atoms with Gasteiger partial charge >= 0.3 is 0 Å². The number of rotatable bonds is 2. The van der Waals surface area contributed by atoms with E-state index in [2.05, 4.69) is 17.1 Å². The van der Waals surface area contributed by atoms with E-state index in [1.807, 2.05) is 11.0 Å². The molecule has 2 aromatic heterocycles. The molecule has 1 amide bonds. The lowest BCUT2D eigenvalue weighted by atomic mass is 9.79. The first kappa shape index (κ1) is 14.6. The summed E-state index contributed by atoms with van der Waals surface area (Å²) in [4.78, 5) is 26.2. The molecule has 0 aliphatic carbocycles. The Morgan fingerprint density at radius 3 is 2.91 bits per heavy atom. The lowest BCUT2D eigenvalue weighted by Crippen LogP contribution is -2.47. The summed E-state index contributed by atoms with van der Waals surface area (Å²) in [6.45, 7) is 3.49. The standard InChI is InChI=1S/C16H20N4O2/c1-16(13-4-7-17-18-13)6-3-8-20(11-16)15(22)12-5-9-19(2)14(21)10-12/h4-5,7,9-10H,3,6,8,11H2,1-2H3,(H,17,18)/t16-/m1/s1. The van der Waals surface area contributed by atoms with Crippen LogP contribution in [0.1, 0.15) is 35.8 Å². The Hall–Kier alpha value is -2.37. The van der Waals surface area contributed by atoms with Crippen LogP contribution in [0.3, 0.4) is 0 Å². The van der Waals surface area contributed by atoms with Gasteiger partial charge < -0.3 is 9.47 Å².